The van der Waals surface area contributed by atoms with Gasteiger partial charge < -0.3 is 24.3 Å². The van der Waals surface area contributed by atoms with Gasteiger partial charge in [-0.2, -0.15) is 0 Å². The Hall–Kier alpha value is -2.80. The van der Waals surface area contributed by atoms with Crippen molar-refractivity contribution in [3.63, 3.8) is 0 Å². The number of hydrogen-bond donors (Lipinski definition) is 1. The molecule has 0 aliphatic rings. The van der Waals surface area contributed by atoms with Gasteiger partial charge in [0.1, 0.15) is 12.2 Å². The molecule has 0 spiro atoms. The number of nitrogens with one attached hydrogen (secondary N) is 1. The first-order valence-corrected chi connectivity index (χ1v) is 9.37. The molecule has 28 heavy (non-hydrogen) atoms. The van der Waals surface area contributed by atoms with Crippen LogP contribution in [0, 0.1) is 0 Å². The molecular formula is C21H28N2O5. The largest absolute Gasteiger partial charge is 0.490 e. The van der Waals surface area contributed by atoms with Crippen LogP contribution in [0.15, 0.2) is 36.5 Å². The summed E-state index contributed by atoms with van der Waals surface area (Å²) in [5.74, 6) is 1.37. The highest BCUT2D eigenvalue weighted by Crippen LogP contribution is 2.31. The van der Waals surface area contributed by atoms with E-state index in [-0.39, 0.29) is 17.8 Å². The van der Waals surface area contributed by atoms with E-state index in [1.165, 1.54) is 0 Å². The minimum Gasteiger partial charge on any atom is -0.490 e. The lowest BCUT2D eigenvalue weighted by molar-refractivity contribution is 0.0930. The Morgan fingerprint density at radius 1 is 1.07 bits per heavy atom. The quantitative estimate of drug-likeness (QED) is 0.595. The van der Waals surface area contributed by atoms with E-state index in [0.29, 0.717) is 43.5 Å². The summed E-state index contributed by atoms with van der Waals surface area (Å²) < 4.78 is 21.8. The fourth-order valence-corrected chi connectivity index (χ4v) is 2.60. The van der Waals surface area contributed by atoms with Crippen molar-refractivity contribution in [1.29, 1.82) is 0 Å². The van der Waals surface area contributed by atoms with Gasteiger partial charge in [0.05, 0.1) is 25.9 Å². The standard InChI is InChI=1S/C21H28N2O5/c1-5-26-18-10-9-16(14-19(18)27-6-2)15(3)23-20(24)17-8-7-11-22-21(17)28-13-12-25-4/h7-11,14-15H,5-6,12-13H2,1-4H3,(H,23,24). The molecule has 152 valence electrons. The first kappa shape index (κ1) is 21.5. The topological polar surface area (TPSA) is 78.9 Å². The van der Waals surface area contributed by atoms with Crippen LogP contribution in [0.25, 0.3) is 0 Å². The summed E-state index contributed by atoms with van der Waals surface area (Å²) in [5, 5.41) is 2.98. The number of amides is 1. The Bertz CT molecular complexity index is 766. The van der Waals surface area contributed by atoms with Crippen molar-refractivity contribution < 1.29 is 23.7 Å². The molecule has 7 nitrogen and oxygen atoms in total. The Morgan fingerprint density at radius 3 is 2.54 bits per heavy atom. The molecule has 1 amide bonds. The van der Waals surface area contributed by atoms with Crippen molar-refractivity contribution >= 4 is 5.91 Å². The van der Waals surface area contributed by atoms with Crippen molar-refractivity contribution in [2.45, 2.75) is 26.8 Å². The Morgan fingerprint density at radius 2 is 1.82 bits per heavy atom. The predicted molar refractivity (Wildman–Crippen MR) is 106 cm³/mol. The first-order chi connectivity index (χ1) is 13.6. The molecule has 7 heteroatoms. The average Bonchev–Trinajstić information content (AvgIpc) is 2.70. The zero-order valence-electron chi connectivity index (χ0n) is 16.9. The SMILES string of the molecule is CCOc1ccc(C(C)NC(=O)c2cccnc2OCCOC)cc1OCC. The molecule has 1 N–H and O–H groups in total. The summed E-state index contributed by atoms with van der Waals surface area (Å²) in [6.45, 7) is 7.57. The number of ether oxygens (including phenoxy) is 4. The third-order valence-corrected chi connectivity index (χ3v) is 3.96. The first-order valence-electron chi connectivity index (χ1n) is 9.37. The third-order valence-electron chi connectivity index (χ3n) is 3.96. The summed E-state index contributed by atoms with van der Waals surface area (Å²) >= 11 is 0. The normalized spacial score (nSPS) is 11.6. The molecule has 1 heterocycles. The number of nitrogens with zero attached hydrogens (tertiary/aromatic N) is 1. The summed E-state index contributed by atoms with van der Waals surface area (Å²) in [6, 6.07) is 8.80. The number of benzene rings is 1. The van der Waals surface area contributed by atoms with Gasteiger partial charge in [-0.05, 0) is 50.6 Å². The molecule has 2 aromatic rings. The molecule has 0 aliphatic carbocycles. The predicted octanol–water partition coefficient (Wildman–Crippen LogP) is 3.40. The molecule has 1 atom stereocenters. The van der Waals surface area contributed by atoms with E-state index in [4.69, 9.17) is 18.9 Å². The van der Waals surface area contributed by atoms with Crippen LogP contribution in [0.1, 0.15) is 42.7 Å². The summed E-state index contributed by atoms with van der Waals surface area (Å²) in [4.78, 5) is 16.9. The lowest BCUT2D eigenvalue weighted by atomic mass is 10.1. The Balaban J connectivity index is 2.13. The molecule has 2 rings (SSSR count). The molecule has 1 unspecified atom stereocenters. The molecule has 0 saturated carbocycles. The van der Waals surface area contributed by atoms with Crippen molar-refractivity contribution in [2.24, 2.45) is 0 Å². The van der Waals surface area contributed by atoms with Gasteiger partial charge in [-0.15, -0.1) is 0 Å². The number of methoxy groups -OCH3 is 1. The van der Waals surface area contributed by atoms with Gasteiger partial charge >= 0.3 is 0 Å². The maximum Gasteiger partial charge on any atom is 0.257 e. The van der Waals surface area contributed by atoms with Gasteiger partial charge in [-0.3, -0.25) is 4.79 Å². The molecular weight excluding hydrogens is 360 g/mol. The third kappa shape index (κ3) is 5.85. The summed E-state index contributed by atoms with van der Waals surface area (Å²) in [7, 11) is 1.59. The van der Waals surface area contributed by atoms with Crippen LogP contribution < -0.4 is 19.5 Å². The van der Waals surface area contributed by atoms with E-state index < -0.39 is 0 Å². The van der Waals surface area contributed by atoms with Gasteiger partial charge in [0.2, 0.25) is 5.88 Å². The molecule has 1 aromatic heterocycles. The number of aromatic nitrogens is 1. The van der Waals surface area contributed by atoms with Crippen LogP contribution >= 0.6 is 0 Å². The van der Waals surface area contributed by atoms with Crippen LogP contribution in [0.4, 0.5) is 0 Å². The Labute approximate surface area is 166 Å². The lowest BCUT2D eigenvalue weighted by Gasteiger charge is -2.18. The van der Waals surface area contributed by atoms with Crippen LogP contribution in [0.5, 0.6) is 17.4 Å². The summed E-state index contributed by atoms with van der Waals surface area (Å²) in [5.41, 5.74) is 1.28. The molecule has 0 saturated heterocycles. The monoisotopic (exact) mass is 388 g/mol. The average molecular weight is 388 g/mol. The smallest absolute Gasteiger partial charge is 0.257 e. The highest BCUT2D eigenvalue weighted by Gasteiger charge is 2.18. The molecule has 0 aliphatic heterocycles. The second-order valence-corrected chi connectivity index (χ2v) is 5.96. The maximum atomic E-state index is 12.7. The zero-order chi connectivity index (χ0) is 20.4. The highest BCUT2D eigenvalue weighted by atomic mass is 16.5. The second kappa shape index (κ2) is 11.1. The number of rotatable bonds is 11. The van der Waals surface area contributed by atoms with Crippen molar-refractivity contribution in [3.05, 3.63) is 47.7 Å². The molecule has 0 fully saturated rings. The van der Waals surface area contributed by atoms with Gasteiger partial charge in [0.15, 0.2) is 11.5 Å². The fraction of sp³-hybridized carbons (Fsp3) is 0.429. The van der Waals surface area contributed by atoms with Crippen LogP contribution in [-0.2, 0) is 4.74 Å². The molecule has 1 aromatic carbocycles. The fourth-order valence-electron chi connectivity index (χ4n) is 2.60. The molecule has 0 bridgehead atoms. The van der Waals surface area contributed by atoms with Gasteiger partial charge in [0.25, 0.3) is 5.91 Å². The number of hydrogen-bond acceptors (Lipinski definition) is 6. The van der Waals surface area contributed by atoms with Crippen molar-refractivity contribution in [1.82, 2.24) is 10.3 Å². The zero-order valence-corrected chi connectivity index (χ0v) is 16.9. The van der Waals surface area contributed by atoms with E-state index in [0.717, 1.165) is 5.56 Å². The van der Waals surface area contributed by atoms with E-state index in [1.807, 2.05) is 39.0 Å². The van der Waals surface area contributed by atoms with E-state index in [9.17, 15) is 4.79 Å². The second-order valence-electron chi connectivity index (χ2n) is 5.96. The van der Waals surface area contributed by atoms with E-state index >= 15 is 0 Å². The molecule has 0 radical (unpaired) electrons. The number of carbonyl (C=O) groups excluding carboxylic acids is 1. The number of carbonyl (C=O) groups is 1. The van der Waals surface area contributed by atoms with Gasteiger partial charge in [-0.1, -0.05) is 6.07 Å². The minimum atomic E-state index is -0.264. The minimum absolute atomic E-state index is 0.241. The number of pyridine rings is 1. The summed E-state index contributed by atoms with van der Waals surface area (Å²) in [6.07, 6.45) is 1.59. The highest BCUT2D eigenvalue weighted by molar-refractivity contribution is 5.96. The van der Waals surface area contributed by atoms with Crippen molar-refractivity contribution in [2.75, 3.05) is 33.5 Å². The van der Waals surface area contributed by atoms with Gasteiger partial charge in [0, 0.05) is 13.3 Å². The van der Waals surface area contributed by atoms with E-state index in [1.54, 1.807) is 25.4 Å². The van der Waals surface area contributed by atoms with Gasteiger partial charge in [-0.25, -0.2) is 4.98 Å². The van der Waals surface area contributed by atoms with Crippen LogP contribution in [-0.4, -0.2) is 44.4 Å². The Kier molecular flexibility index (Phi) is 8.55. The van der Waals surface area contributed by atoms with Crippen LogP contribution in [0.2, 0.25) is 0 Å². The maximum absolute atomic E-state index is 12.7. The van der Waals surface area contributed by atoms with Crippen molar-refractivity contribution in [3.8, 4) is 17.4 Å². The lowest BCUT2D eigenvalue weighted by Crippen LogP contribution is -2.27. The van der Waals surface area contributed by atoms with E-state index in [2.05, 4.69) is 10.3 Å². The van der Waals surface area contributed by atoms with Crippen LogP contribution in [0.3, 0.4) is 0 Å².